The monoisotopic (exact) mass is 305 g/mol. The van der Waals surface area contributed by atoms with Crippen LogP contribution < -0.4 is 10.6 Å². The van der Waals surface area contributed by atoms with Crippen LogP contribution in [0.5, 0.6) is 0 Å². The summed E-state index contributed by atoms with van der Waals surface area (Å²) in [5, 5.41) is 16.0. The van der Waals surface area contributed by atoms with Gasteiger partial charge >= 0.3 is 0 Å². The zero-order valence-electron chi connectivity index (χ0n) is 12.2. The highest BCUT2D eigenvalue weighted by molar-refractivity contribution is 6.30. The van der Waals surface area contributed by atoms with Crippen LogP contribution >= 0.6 is 11.6 Å². The molecule has 112 valence electrons. The fourth-order valence-corrected chi connectivity index (χ4v) is 2.89. The molecule has 0 unspecified atom stereocenters. The molecule has 1 aromatic carbocycles. The van der Waals surface area contributed by atoms with Crippen LogP contribution in [0.15, 0.2) is 24.3 Å². The van der Waals surface area contributed by atoms with Crippen molar-refractivity contribution in [1.29, 1.82) is 5.26 Å². The Kier molecular flexibility index (Phi) is 5.22. The lowest BCUT2D eigenvalue weighted by Crippen LogP contribution is -2.48. The van der Waals surface area contributed by atoms with Gasteiger partial charge in [-0.3, -0.25) is 4.79 Å². The van der Waals surface area contributed by atoms with E-state index in [0.29, 0.717) is 5.02 Å². The van der Waals surface area contributed by atoms with Crippen LogP contribution in [0, 0.1) is 11.3 Å². The van der Waals surface area contributed by atoms with Gasteiger partial charge in [-0.2, -0.15) is 5.26 Å². The van der Waals surface area contributed by atoms with Crippen LogP contribution in [0.3, 0.4) is 0 Å². The molecule has 1 aliphatic rings. The van der Waals surface area contributed by atoms with Crippen molar-refractivity contribution in [3.05, 3.63) is 34.9 Å². The Labute approximate surface area is 130 Å². The largest absolute Gasteiger partial charge is 0.337 e. The normalized spacial score (nSPS) is 18.0. The number of halogens is 1. The van der Waals surface area contributed by atoms with Crippen molar-refractivity contribution in [2.45, 2.75) is 44.2 Å². The number of benzene rings is 1. The molecule has 1 amide bonds. The molecule has 0 saturated heterocycles. The van der Waals surface area contributed by atoms with E-state index in [1.807, 2.05) is 31.2 Å². The standard InChI is InChI=1S/C16H20ClN3O/c1-12(13-5-4-6-14(17)9-13)19-10-15(21)20-16(11-18)7-2-3-8-16/h4-6,9,12,19H,2-3,7-8,10H2,1H3,(H,20,21)/t12-/m1/s1. The lowest BCUT2D eigenvalue weighted by molar-refractivity contribution is -0.121. The Balaban J connectivity index is 1.85. The summed E-state index contributed by atoms with van der Waals surface area (Å²) in [5.41, 5.74) is 0.379. The molecule has 0 radical (unpaired) electrons. The van der Waals surface area contributed by atoms with E-state index < -0.39 is 5.54 Å². The fourth-order valence-electron chi connectivity index (χ4n) is 2.69. The first-order valence-corrected chi connectivity index (χ1v) is 7.63. The van der Waals surface area contributed by atoms with Gasteiger partial charge < -0.3 is 10.6 Å². The van der Waals surface area contributed by atoms with Crippen molar-refractivity contribution in [3.63, 3.8) is 0 Å². The summed E-state index contributed by atoms with van der Waals surface area (Å²) in [7, 11) is 0. The van der Waals surface area contributed by atoms with E-state index >= 15 is 0 Å². The minimum Gasteiger partial charge on any atom is -0.337 e. The predicted octanol–water partition coefficient (Wildman–Crippen LogP) is 2.94. The average Bonchev–Trinajstić information content (AvgIpc) is 2.94. The molecule has 0 bridgehead atoms. The molecule has 21 heavy (non-hydrogen) atoms. The van der Waals surface area contributed by atoms with Gasteiger partial charge in [-0.05, 0) is 50.3 Å². The molecule has 1 saturated carbocycles. The van der Waals surface area contributed by atoms with Gasteiger partial charge in [0, 0.05) is 11.1 Å². The molecule has 2 N–H and O–H groups in total. The number of hydrogen-bond donors (Lipinski definition) is 2. The van der Waals surface area contributed by atoms with Gasteiger partial charge in [-0.25, -0.2) is 0 Å². The number of amides is 1. The Bertz CT molecular complexity index is 547. The molecule has 1 aliphatic carbocycles. The van der Waals surface area contributed by atoms with Crippen molar-refractivity contribution < 1.29 is 4.79 Å². The van der Waals surface area contributed by atoms with E-state index in [1.165, 1.54) is 0 Å². The van der Waals surface area contributed by atoms with E-state index in [4.69, 9.17) is 11.6 Å². The minimum absolute atomic E-state index is 0.0241. The molecule has 2 rings (SSSR count). The predicted molar refractivity (Wildman–Crippen MR) is 82.8 cm³/mol. The smallest absolute Gasteiger partial charge is 0.235 e. The highest BCUT2D eigenvalue weighted by Crippen LogP contribution is 2.28. The van der Waals surface area contributed by atoms with Gasteiger partial charge in [0.2, 0.25) is 5.91 Å². The van der Waals surface area contributed by atoms with Crippen LogP contribution in [-0.2, 0) is 4.79 Å². The number of carbonyl (C=O) groups excluding carboxylic acids is 1. The van der Waals surface area contributed by atoms with Gasteiger partial charge in [0.15, 0.2) is 0 Å². The molecule has 1 fully saturated rings. The number of nitrogens with zero attached hydrogens (tertiary/aromatic N) is 1. The van der Waals surface area contributed by atoms with Crippen molar-refractivity contribution in [1.82, 2.24) is 10.6 Å². The van der Waals surface area contributed by atoms with Gasteiger partial charge in [-0.1, -0.05) is 23.7 Å². The zero-order valence-corrected chi connectivity index (χ0v) is 12.9. The summed E-state index contributed by atoms with van der Waals surface area (Å²) in [6, 6.07) is 9.84. The van der Waals surface area contributed by atoms with Crippen LogP contribution in [-0.4, -0.2) is 18.0 Å². The Hall–Kier alpha value is -1.57. The molecule has 0 spiro atoms. The number of hydrogen-bond acceptors (Lipinski definition) is 3. The SMILES string of the molecule is C[C@@H](NCC(=O)NC1(C#N)CCCC1)c1cccc(Cl)c1. The van der Waals surface area contributed by atoms with Crippen molar-refractivity contribution in [2.24, 2.45) is 0 Å². The third-order valence-corrected chi connectivity index (χ3v) is 4.20. The molecule has 0 aliphatic heterocycles. The quantitative estimate of drug-likeness (QED) is 0.879. The first kappa shape index (κ1) is 15.8. The highest BCUT2D eigenvalue weighted by atomic mass is 35.5. The summed E-state index contributed by atoms with van der Waals surface area (Å²) in [6.07, 6.45) is 3.50. The highest BCUT2D eigenvalue weighted by Gasteiger charge is 2.35. The summed E-state index contributed by atoms with van der Waals surface area (Å²) in [5.74, 6) is -0.132. The summed E-state index contributed by atoms with van der Waals surface area (Å²) >= 11 is 5.96. The maximum Gasteiger partial charge on any atom is 0.235 e. The second kappa shape index (κ2) is 6.93. The second-order valence-electron chi connectivity index (χ2n) is 5.61. The Morgan fingerprint density at radius 2 is 2.19 bits per heavy atom. The number of carbonyl (C=O) groups is 1. The third-order valence-electron chi connectivity index (χ3n) is 3.97. The lowest BCUT2D eigenvalue weighted by atomic mass is 10.00. The van der Waals surface area contributed by atoms with Gasteiger partial charge in [0.05, 0.1) is 12.6 Å². The number of nitriles is 1. The maximum absolute atomic E-state index is 12.0. The van der Waals surface area contributed by atoms with E-state index in [0.717, 1.165) is 31.2 Å². The van der Waals surface area contributed by atoms with E-state index in [9.17, 15) is 10.1 Å². The molecule has 5 heteroatoms. The summed E-state index contributed by atoms with van der Waals surface area (Å²) in [4.78, 5) is 12.0. The fraction of sp³-hybridized carbons (Fsp3) is 0.500. The van der Waals surface area contributed by atoms with Crippen LogP contribution in [0.1, 0.15) is 44.2 Å². The topological polar surface area (TPSA) is 64.9 Å². The Morgan fingerprint density at radius 3 is 2.81 bits per heavy atom. The van der Waals surface area contributed by atoms with Gasteiger partial charge in [-0.15, -0.1) is 0 Å². The van der Waals surface area contributed by atoms with Gasteiger partial charge in [0.25, 0.3) is 0 Å². The molecule has 1 atom stereocenters. The molecule has 4 nitrogen and oxygen atoms in total. The van der Waals surface area contributed by atoms with Crippen LogP contribution in [0.25, 0.3) is 0 Å². The molecule has 1 aromatic rings. The third kappa shape index (κ3) is 4.20. The number of rotatable bonds is 5. The first-order valence-electron chi connectivity index (χ1n) is 7.26. The summed E-state index contributed by atoms with van der Waals surface area (Å²) in [6.45, 7) is 2.17. The molecular weight excluding hydrogens is 286 g/mol. The minimum atomic E-state index is -0.655. The average molecular weight is 306 g/mol. The van der Waals surface area contributed by atoms with Gasteiger partial charge in [0.1, 0.15) is 5.54 Å². The van der Waals surface area contributed by atoms with E-state index in [1.54, 1.807) is 0 Å². The first-order chi connectivity index (χ1) is 10.0. The van der Waals surface area contributed by atoms with E-state index in [-0.39, 0.29) is 18.5 Å². The van der Waals surface area contributed by atoms with Crippen molar-refractivity contribution in [3.8, 4) is 6.07 Å². The second-order valence-corrected chi connectivity index (χ2v) is 6.04. The van der Waals surface area contributed by atoms with Crippen LogP contribution in [0.4, 0.5) is 0 Å². The lowest BCUT2D eigenvalue weighted by Gasteiger charge is -2.23. The van der Waals surface area contributed by atoms with Crippen molar-refractivity contribution in [2.75, 3.05) is 6.54 Å². The summed E-state index contributed by atoms with van der Waals surface area (Å²) < 4.78 is 0. The number of nitrogens with one attached hydrogen (secondary N) is 2. The molecular formula is C16H20ClN3O. The molecule has 0 heterocycles. The van der Waals surface area contributed by atoms with E-state index in [2.05, 4.69) is 16.7 Å². The van der Waals surface area contributed by atoms with Crippen molar-refractivity contribution >= 4 is 17.5 Å². The maximum atomic E-state index is 12.0. The zero-order chi connectivity index (χ0) is 15.3. The Morgan fingerprint density at radius 1 is 1.48 bits per heavy atom. The molecule has 0 aromatic heterocycles. The van der Waals surface area contributed by atoms with Crippen LogP contribution in [0.2, 0.25) is 5.02 Å².